The zero-order valence-electron chi connectivity index (χ0n) is 9.57. The lowest BCUT2D eigenvalue weighted by atomic mass is 10.1. The molecule has 8 heteroatoms. The highest BCUT2D eigenvalue weighted by molar-refractivity contribution is 7.96. The Labute approximate surface area is 113 Å². The fourth-order valence-corrected chi connectivity index (χ4v) is 1.93. The number of hydrogen-bond acceptors (Lipinski definition) is 4. The number of nitrogens with zero attached hydrogens (tertiary/aromatic N) is 2. The molecule has 1 aliphatic heterocycles. The van der Waals surface area contributed by atoms with Crippen LogP contribution in [0.15, 0.2) is 24.3 Å². The zero-order valence-corrected chi connectivity index (χ0v) is 10.5. The number of hydrogen-bond donors (Lipinski definition) is 2. The molecular formula is C11H9N3O4S. The van der Waals surface area contributed by atoms with Crippen LogP contribution in [0.2, 0.25) is 0 Å². The first-order chi connectivity index (χ1) is 8.93. The van der Waals surface area contributed by atoms with Crippen molar-refractivity contribution in [2.75, 3.05) is 6.54 Å². The van der Waals surface area contributed by atoms with Crippen LogP contribution in [0, 0.1) is 0 Å². The Hall–Kier alpha value is -2.35. The third-order valence-electron chi connectivity index (χ3n) is 2.54. The van der Waals surface area contributed by atoms with E-state index in [-0.39, 0.29) is 11.1 Å². The number of fused-ring (bicyclic) bond motifs is 1. The van der Waals surface area contributed by atoms with Crippen LogP contribution in [0.4, 0.5) is 4.79 Å². The third-order valence-corrected chi connectivity index (χ3v) is 2.77. The first kappa shape index (κ1) is 13.1. The van der Waals surface area contributed by atoms with Crippen LogP contribution in [0.3, 0.4) is 0 Å². The predicted molar refractivity (Wildman–Crippen MR) is 67.2 cm³/mol. The molecule has 7 nitrogen and oxygen atoms in total. The number of rotatable bonds is 3. The van der Waals surface area contributed by atoms with Gasteiger partial charge in [0.15, 0.2) is 0 Å². The molecule has 0 unspecified atom stereocenters. The molecule has 19 heavy (non-hydrogen) atoms. The fraction of sp³-hybridized carbons (Fsp3) is 0.0909. The van der Waals surface area contributed by atoms with Gasteiger partial charge in [-0.2, -0.15) is 5.01 Å². The average molecular weight is 279 g/mol. The average Bonchev–Trinajstić information content (AvgIpc) is 2.60. The molecule has 1 aromatic carbocycles. The normalized spacial score (nSPS) is 13.4. The van der Waals surface area contributed by atoms with Crippen molar-refractivity contribution in [3.63, 3.8) is 0 Å². The van der Waals surface area contributed by atoms with Crippen molar-refractivity contribution in [3.8, 4) is 0 Å². The van der Waals surface area contributed by atoms with E-state index in [1.807, 2.05) is 0 Å². The molecule has 0 fully saturated rings. The topological polar surface area (TPSA) is 101 Å². The van der Waals surface area contributed by atoms with Crippen LogP contribution in [0.5, 0.6) is 0 Å². The number of benzene rings is 1. The molecule has 1 aliphatic rings. The molecule has 4 amide bonds. The van der Waals surface area contributed by atoms with Crippen molar-refractivity contribution in [1.82, 2.24) is 10.0 Å². The first-order valence-electron chi connectivity index (χ1n) is 5.20. The van der Waals surface area contributed by atoms with Gasteiger partial charge >= 0.3 is 0 Å². The van der Waals surface area contributed by atoms with Crippen molar-refractivity contribution >= 4 is 35.6 Å². The van der Waals surface area contributed by atoms with Gasteiger partial charge in [-0.25, -0.2) is 5.01 Å². The maximum absolute atomic E-state index is 12.1. The zero-order chi connectivity index (χ0) is 14.2. The molecule has 1 aromatic rings. The Kier molecular flexibility index (Phi) is 3.26. The summed E-state index contributed by atoms with van der Waals surface area (Å²) in [6.45, 7) is -0.603. The summed E-state index contributed by atoms with van der Waals surface area (Å²) in [6.07, 6.45) is 0. The van der Waals surface area contributed by atoms with E-state index in [0.717, 1.165) is 0 Å². The second-order valence-electron chi connectivity index (χ2n) is 3.77. The van der Waals surface area contributed by atoms with Gasteiger partial charge < -0.3 is 5.73 Å². The van der Waals surface area contributed by atoms with E-state index in [0.29, 0.717) is 10.0 Å². The molecule has 0 bridgehead atoms. The summed E-state index contributed by atoms with van der Waals surface area (Å²) in [4.78, 5) is 46.4. The number of carbonyl (C=O) groups is 4. The molecule has 0 saturated heterocycles. The molecule has 0 aromatic heterocycles. The van der Waals surface area contributed by atoms with E-state index < -0.39 is 29.5 Å². The number of amides is 4. The lowest BCUT2D eigenvalue weighted by Crippen LogP contribution is -2.51. The molecular weight excluding hydrogens is 270 g/mol. The largest absolute Gasteiger partial charge is 0.368 e. The third kappa shape index (κ3) is 2.17. The summed E-state index contributed by atoms with van der Waals surface area (Å²) in [5.74, 6) is -2.24. The van der Waals surface area contributed by atoms with E-state index in [9.17, 15) is 19.2 Å². The van der Waals surface area contributed by atoms with Crippen LogP contribution in [0.1, 0.15) is 20.7 Å². The van der Waals surface area contributed by atoms with E-state index in [4.69, 9.17) is 5.73 Å². The number of primary amides is 1. The Bertz CT molecular complexity index is 566. The Morgan fingerprint density at radius 1 is 1.16 bits per heavy atom. The molecule has 0 radical (unpaired) electrons. The Morgan fingerprint density at radius 3 is 2.00 bits per heavy atom. The Balaban J connectivity index is 2.42. The van der Waals surface area contributed by atoms with Crippen LogP contribution in [0.25, 0.3) is 0 Å². The van der Waals surface area contributed by atoms with Crippen LogP contribution in [-0.4, -0.2) is 39.5 Å². The summed E-state index contributed by atoms with van der Waals surface area (Å²) in [6, 6.07) is 6.10. The summed E-state index contributed by atoms with van der Waals surface area (Å²) in [5, 5.41) is 0.259. The number of imide groups is 1. The molecule has 2 rings (SSSR count). The molecule has 0 spiro atoms. The van der Waals surface area contributed by atoms with Crippen LogP contribution >= 0.6 is 12.6 Å². The van der Waals surface area contributed by atoms with Gasteiger partial charge in [-0.1, -0.05) is 24.8 Å². The highest BCUT2D eigenvalue weighted by Crippen LogP contribution is 2.24. The van der Waals surface area contributed by atoms with Gasteiger partial charge in [0, 0.05) is 0 Å². The van der Waals surface area contributed by atoms with Crippen molar-refractivity contribution in [2.24, 2.45) is 5.73 Å². The number of hydrazine groups is 1. The summed E-state index contributed by atoms with van der Waals surface area (Å²) in [5.41, 5.74) is 5.31. The van der Waals surface area contributed by atoms with E-state index in [2.05, 4.69) is 12.6 Å². The minimum Gasteiger partial charge on any atom is -0.368 e. The minimum atomic E-state index is -0.923. The second kappa shape index (κ2) is 4.73. The summed E-state index contributed by atoms with van der Waals surface area (Å²) >= 11 is 3.54. The molecule has 2 N–H and O–H groups in total. The summed E-state index contributed by atoms with van der Waals surface area (Å²) in [7, 11) is 0. The Morgan fingerprint density at radius 2 is 1.63 bits per heavy atom. The SMILES string of the molecule is NC(=O)CN(C(=O)S)N1C(=O)c2ccccc2C1=O. The van der Waals surface area contributed by atoms with E-state index in [1.165, 1.54) is 12.1 Å². The van der Waals surface area contributed by atoms with Gasteiger partial charge in [-0.05, 0) is 12.1 Å². The molecule has 0 aliphatic carbocycles. The standard InChI is InChI=1S/C11H9N3O4S/c12-8(15)5-13(11(18)19)14-9(16)6-3-1-2-4-7(6)10(14)17/h1-4H,5H2,(H2,12,15)(H,18,19). The highest BCUT2D eigenvalue weighted by Gasteiger charge is 2.40. The summed E-state index contributed by atoms with van der Waals surface area (Å²) < 4.78 is 0. The second-order valence-corrected chi connectivity index (χ2v) is 4.16. The van der Waals surface area contributed by atoms with Crippen LogP contribution in [-0.2, 0) is 4.79 Å². The van der Waals surface area contributed by atoms with Gasteiger partial charge in [0.1, 0.15) is 6.54 Å². The minimum absolute atomic E-state index is 0.163. The smallest absolute Gasteiger partial charge is 0.298 e. The van der Waals surface area contributed by atoms with Crippen molar-refractivity contribution < 1.29 is 19.2 Å². The van der Waals surface area contributed by atoms with Gasteiger partial charge in [0.2, 0.25) is 5.91 Å². The van der Waals surface area contributed by atoms with E-state index in [1.54, 1.807) is 12.1 Å². The quantitative estimate of drug-likeness (QED) is 0.602. The van der Waals surface area contributed by atoms with Crippen molar-refractivity contribution in [1.29, 1.82) is 0 Å². The lowest BCUT2D eigenvalue weighted by Gasteiger charge is -2.26. The molecule has 98 valence electrons. The van der Waals surface area contributed by atoms with Gasteiger partial charge in [0.05, 0.1) is 11.1 Å². The fourth-order valence-electron chi connectivity index (χ4n) is 1.77. The molecule has 0 atom stereocenters. The number of thiol groups is 1. The maximum Gasteiger partial charge on any atom is 0.298 e. The first-order valence-corrected chi connectivity index (χ1v) is 5.64. The van der Waals surface area contributed by atoms with E-state index >= 15 is 0 Å². The molecule has 0 saturated carbocycles. The monoisotopic (exact) mass is 279 g/mol. The molecule has 1 heterocycles. The van der Waals surface area contributed by atoms with Gasteiger partial charge in [-0.15, -0.1) is 0 Å². The predicted octanol–water partition coefficient (Wildman–Crippen LogP) is 0.0347. The van der Waals surface area contributed by atoms with Gasteiger partial charge in [-0.3, -0.25) is 19.2 Å². The van der Waals surface area contributed by atoms with Crippen molar-refractivity contribution in [2.45, 2.75) is 0 Å². The van der Waals surface area contributed by atoms with Crippen molar-refractivity contribution in [3.05, 3.63) is 35.4 Å². The number of nitrogens with two attached hydrogens (primary N) is 1. The maximum atomic E-state index is 12.1. The highest BCUT2D eigenvalue weighted by atomic mass is 32.1. The van der Waals surface area contributed by atoms with Crippen LogP contribution < -0.4 is 5.73 Å². The van der Waals surface area contributed by atoms with Gasteiger partial charge in [0.25, 0.3) is 17.1 Å². The number of carbonyl (C=O) groups excluding carboxylic acids is 4. The lowest BCUT2D eigenvalue weighted by molar-refractivity contribution is -0.120.